The maximum atomic E-state index is 13.5. The molecular weight excluding hydrogens is 355 g/mol. The molecule has 4 nitrogen and oxygen atoms in total. The quantitative estimate of drug-likeness (QED) is 0.497. The van der Waals surface area contributed by atoms with Gasteiger partial charge in [0.2, 0.25) is 0 Å². The van der Waals surface area contributed by atoms with Crippen LogP contribution in [-0.4, -0.2) is 24.3 Å². The van der Waals surface area contributed by atoms with Crippen LogP contribution in [0.4, 0.5) is 4.39 Å². The normalized spacial score (nSPS) is 19.8. The van der Waals surface area contributed by atoms with Crippen LogP contribution in [0.25, 0.3) is 4.85 Å². The summed E-state index contributed by atoms with van der Waals surface area (Å²) in [5.74, 6) is -1.57. The number of halogens is 2. The van der Waals surface area contributed by atoms with Crippen LogP contribution in [0.15, 0.2) is 34.5 Å². The number of hydrogen-bond donors (Lipinski definition) is 0. The van der Waals surface area contributed by atoms with E-state index in [-0.39, 0.29) is 11.6 Å². The molecule has 0 fully saturated rings. The molecule has 26 heavy (non-hydrogen) atoms. The summed E-state index contributed by atoms with van der Waals surface area (Å²) in [5.41, 5.74) is 2.15. The zero-order chi connectivity index (χ0) is 19.3. The molecule has 0 N–H and O–H groups in total. The van der Waals surface area contributed by atoms with Crippen LogP contribution >= 0.6 is 11.6 Å². The number of benzene rings is 1. The van der Waals surface area contributed by atoms with Crippen molar-refractivity contribution in [1.29, 1.82) is 0 Å². The van der Waals surface area contributed by atoms with Crippen molar-refractivity contribution < 1.29 is 13.9 Å². The fraction of sp³-hybridized carbons (Fsp3) is 0.450. The molecule has 1 aliphatic rings. The first-order valence-electron chi connectivity index (χ1n) is 8.71. The van der Waals surface area contributed by atoms with Gasteiger partial charge in [-0.3, -0.25) is 4.99 Å². The molecule has 0 bridgehead atoms. The molecule has 0 amide bonds. The molecule has 0 saturated heterocycles. The third-order valence-corrected chi connectivity index (χ3v) is 4.58. The van der Waals surface area contributed by atoms with Gasteiger partial charge in [0.25, 0.3) is 6.04 Å². The Morgan fingerprint density at radius 1 is 1.38 bits per heavy atom. The molecule has 0 aromatic heterocycles. The Bertz CT molecular complexity index is 795. The number of esters is 1. The molecule has 2 rings (SSSR count). The summed E-state index contributed by atoms with van der Waals surface area (Å²) < 4.78 is 18.9. The van der Waals surface area contributed by atoms with Crippen LogP contribution in [0, 0.1) is 12.4 Å². The largest absolute Gasteiger partial charge is 0.462 e. The van der Waals surface area contributed by atoms with Gasteiger partial charge in [-0.05, 0) is 37.5 Å². The number of nitrogens with zero attached hydrogens (tertiary/aromatic N) is 2. The van der Waals surface area contributed by atoms with Gasteiger partial charge in [-0.2, -0.15) is 0 Å². The SMILES string of the molecule is [C-]#[N+]C1C(C)=NC(CCC)=C(C(=O)OCCC)C1c1ccc(F)cc1Cl. The molecule has 1 aromatic carbocycles. The zero-order valence-corrected chi connectivity index (χ0v) is 15.9. The second-order valence-electron chi connectivity index (χ2n) is 6.22. The van der Waals surface area contributed by atoms with Crippen molar-refractivity contribution in [2.45, 2.75) is 52.0 Å². The molecule has 1 aliphatic heterocycles. The van der Waals surface area contributed by atoms with E-state index in [0.717, 1.165) is 6.42 Å². The monoisotopic (exact) mass is 376 g/mol. The van der Waals surface area contributed by atoms with E-state index in [4.69, 9.17) is 22.9 Å². The molecule has 0 saturated carbocycles. The fourth-order valence-corrected chi connectivity index (χ4v) is 3.39. The van der Waals surface area contributed by atoms with Crippen molar-refractivity contribution in [2.75, 3.05) is 6.61 Å². The van der Waals surface area contributed by atoms with Gasteiger partial charge in [0.15, 0.2) is 0 Å². The molecular formula is C20H22ClFN2O2. The highest BCUT2D eigenvalue weighted by Crippen LogP contribution is 2.41. The number of rotatable bonds is 6. The number of ether oxygens (including phenoxy) is 1. The zero-order valence-electron chi connectivity index (χ0n) is 15.2. The minimum absolute atomic E-state index is 0.190. The van der Waals surface area contributed by atoms with Gasteiger partial charge >= 0.3 is 5.97 Å². The summed E-state index contributed by atoms with van der Waals surface area (Å²) in [6.45, 7) is 13.6. The number of carbonyl (C=O) groups is 1. The summed E-state index contributed by atoms with van der Waals surface area (Å²) in [6, 6.07) is 3.35. The van der Waals surface area contributed by atoms with Gasteiger partial charge in [0.1, 0.15) is 11.7 Å². The standard InChI is InChI=1S/C20H22ClFN2O2/c1-5-7-16-18(20(25)26-10-6-2)17(19(23-4)12(3)24-16)14-9-8-13(22)11-15(14)21/h8-9,11,17,19H,5-7,10H2,1-3H3. The highest BCUT2D eigenvalue weighted by atomic mass is 35.5. The molecule has 6 heteroatoms. The lowest BCUT2D eigenvalue weighted by Gasteiger charge is -2.27. The Labute approximate surface area is 158 Å². The Morgan fingerprint density at radius 3 is 2.69 bits per heavy atom. The Hall–Kier alpha value is -2.19. The maximum absolute atomic E-state index is 13.5. The smallest absolute Gasteiger partial charge is 0.336 e. The first-order chi connectivity index (χ1) is 12.4. The van der Waals surface area contributed by atoms with Crippen molar-refractivity contribution in [3.05, 3.63) is 57.3 Å². The topological polar surface area (TPSA) is 43.0 Å². The minimum Gasteiger partial charge on any atom is -0.462 e. The number of allylic oxidation sites excluding steroid dienone is 1. The van der Waals surface area contributed by atoms with Crippen molar-refractivity contribution in [3.63, 3.8) is 0 Å². The molecule has 2 unspecified atom stereocenters. The lowest BCUT2D eigenvalue weighted by atomic mass is 9.79. The first kappa shape index (κ1) is 20.1. The first-order valence-corrected chi connectivity index (χ1v) is 9.09. The van der Waals surface area contributed by atoms with Crippen LogP contribution < -0.4 is 0 Å². The molecule has 0 aliphatic carbocycles. The minimum atomic E-state index is -0.678. The van der Waals surface area contributed by atoms with Crippen LogP contribution in [0.2, 0.25) is 5.02 Å². The van der Waals surface area contributed by atoms with Crippen molar-refractivity contribution in [1.82, 2.24) is 0 Å². The van der Waals surface area contributed by atoms with Gasteiger partial charge in [0, 0.05) is 5.02 Å². The maximum Gasteiger partial charge on any atom is 0.336 e. The second-order valence-corrected chi connectivity index (χ2v) is 6.62. The number of hydrogen-bond acceptors (Lipinski definition) is 3. The molecule has 1 heterocycles. The molecule has 0 radical (unpaired) electrons. The van der Waals surface area contributed by atoms with E-state index >= 15 is 0 Å². The highest BCUT2D eigenvalue weighted by Gasteiger charge is 2.43. The van der Waals surface area contributed by atoms with Crippen molar-refractivity contribution in [3.8, 4) is 0 Å². The van der Waals surface area contributed by atoms with Gasteiger partial charge in [-0.1, -0.05) is 37.9 Å². The van der Waals surface area contributed by atoms with Gasteiger partial charge in [0.05, 0.1) is 23.6 Å². The summed E-state index contributed by atoms with van der Waals surface area (Å²) in [7, 11) is 0. The van der Waals surface area contributed by atoms with E-state index in [9.17, 15) is 9.18 Å². The van der Waals surface area contributed by atoms with E-state index < -0.39 is 23.7 Å². The highest BCUT2D eigenvalue weighted by molar-refractivity contribution is 6.31. The van der Waals surface area contributed by atoms with Crippen LogP contribution in [0.5, 0.6) is 0 Å². The van der Waals surface area contributed by atoms with Crippen LogP contribution in [-0.2, 0) is 9.53 Å². The molecule has 2 atom stereocenters. The Kier molecular flexibility index (Phi) is 6.93. The van der Waals surface area contributed by atoms with Gasteiger partial charge < -0.3 is 9.58 Å². The second kappa shape index (κ2) is 8.95. The third kappa shape index (κ3) is 4.13. The van der Waals surface area contributed by atoms with E-state index in [1.807, 2.05) is 13.8 Å². The summed E-state index contributed by atoms with van der Waals surface area (Å²) in [4.78, 5) is 21.0. The number of aliphatic imine (C=N–C) groups is 1. The predicted octanol–water partition coefficient (Wildman–Crippen LogP) is 5.33. The van der Waals surface area contributed by atoms with Crippen LogP contribution in [0.1, 0.15) is 51.5 Å². The van der Waals surface area contributed by atoms with E-state index in [1.165, 1.54) is 18.2 Å². The van der Waals surface area contributed by atoms with Crippen LogP contribution in [0.3, 0.4) is 0 Å². The summed E-state index contributed by atoms with van der Waals surface area (Å²) in [6.07, 6.45) is 2.08. The molecule has 0 spiro atoms. The summed E-state index contributed by atoms with van der Waals surface area (Å²) >= 11 is 6.27. The van der Waals surface area contributed by atoms with Gasteiger partial charge in [-0.25, -0.2) is 15.8 Å². The summed E-state index contributed by atoms with van der Waals surface area (Å²) in [5, 5.41) is 0.190. The average molecular weight is 377 g/mol. The third-order valence-electron chi connectivity index (χ3n) is 4.26. The van der Waals surface area contributed by atoms with Gasteiger partial charge in [-0.15, -0.1) is 0 Å². The average Bonchev–Trinajstić information content (AvgIpc) is 2.59. The number of carbonyl (C=O) groups excluding carboxylic acids is 1. The van der Waals surface area contributed by atoms with Crippen molar-refractivity contribution >= 4 is 23.3 Å². The van der Waals surface area contributed by atoms with E-state index in [1.54, 1.807) is 6.92 Å². The Balaban J connectivity index is 2.66. The molecule has 138 valence electrons. The van der Waals surface area contributed by atoms with Crippen molar-refractivity contribution in [2.24, 2.45) is 4.99 Å². The lowest BCUT2D eigenvalue weighted by molar-refractivity contribution is -0.139. The van der Waals surface area contributed by atoms with E-state index in [2.05, 4.69) is 9.84 Å². The Morgan fingerprint density at radius 2 is 2.12 bits per heavy atom. The lowest BCUT2D eigenvalue weighted by Crippen LogP contribution is -2.33. The predicted molar refractivity (Wildman–Crippen MR) is 101 cm³/mol. The van der Waals surface area contributed by atoms with E-state index in [0.29, 0.717) is 35.4 Å². The molecule has 1 aromatic rings. The fourth-order valence-electron chi connectivity index (χ4n) is 3.11.